The minimum Gasteiger partial charge on any atom is -0.404 e. The average molecular weight is 210 g/mol. The first kappa shape index (κ1) is 13.0. The maximum Gasteiger partial charge on any atom is 0.0260 e. The molecule has 0 heterocycles. The maximum atomic E-state index is 7.34. The zero-order chi connectivity index (χ0) is 11.0. The highest BCUT2D eigenvalue weighted by atomic mass is 32.2. The second kappa shape index (κ2) is 7.44. The molecule has 0 aliphatic rings. The number of thioether (sulfide) groups is 1. The zero-order valence-electron chi connectivity index (χ0n) is 9.00. The second-order valence-electron chi connectivity index (χ2n) is 2.86. The van der Waals surface area contributed by atoms with Crippen molar-refractivity contribution in [3.05, 3.63) is 33.7 Å². The van der Waals surface area contributed by atoms with Crippen molar-refractivity contribution in [3.63, 3.8) is 0 Å². The van der Waals surface area contributed by atoms with Gasteiger partial charge in [0.15, 0.2) is 0 Å². The van der Waals surface area contributed by atoms with Gasteiger partial charge >= 0.3 is 0 Å². The number of nitrogens with one attached hydrogen (secondary N) is 1. The molecule has 0 spiro atoms. The fourth-order valence-electron chi connectivity index (χ4n) is 1.11. The van der Waals surface area contributed by atoms with Crippen molar-refractivity contribution in [1.82, 2.24) is 0 Å². The number of hydrogen-bond acceptors (Lipinski definition) is 3. The highest BCUT2D eigenvalue weighted by Crippen LogP contribution is 2.23. The first-order chi connectivity index (χ1) is 6.67. The normalized spacial score (nSPS) is 14.4. The van der Waals surface area contributed by atoms with Gasteiger partial charge in [0.05, 0.1) is 0 Å². The summed E-state index contributed by atoms with van der Waals surface area (Å²) >= 11 is 1.55. The fraction of sp³-hybridized carbons (Fsp3) is 0.364. The van der Waals surface area contributed by atoms with Crippen molar-refractivity contribution in [1.29, 1.82) is 5.41 Å². The Balaban J connectivity index is 4.83. The van der Waals surface area contributed by atoms with E-state index in [0.717, 1.165) is 22.5 Å². The predicted octanol–water partition coefficient (Wildman–Crippen LogP) is 3.43. The van der Waals surface area contributed by atoms with Crippen molar-refractivity contribution >= 4 is 18.0 Å². The first-order valence-electron chi connectivity index (χ1n) is 4.59. The van der Waals surface area contributed by atoms with Crippen LogP contribution in [0.15, 0.2) is 33.7 Å². The standard InChI is InChI=1S/C11H18N2S/c1-4-5-9(2)11(8-13)10(3)14-7-6-12/h5-8,13H,4,12H2,1-3H3/b7-6-,9-5-,11-10-,13-8?. The molecule has 0 rings (SSSR count). The van der Waals surface area contributed by atoms with E-state index in [1.807, 2.05) is 19.3 Å². The van der Waals surface area contributed by atoms with E-state index in [4.69, 9.17) is 11.1 Å². The van der Waals surface area contributed by atoms with Crippen LogP contribution in [0.1, 0.15) is 27.2 Å². The topological polar surface area (TPSA) is 49.9 Å². The lowest BCUT2D eigenvalue weighted by Gasteiger charge is -2.05. The van der Waals surface area contributed by atoms with E-state index >= 15 is 0 Å². The molecule has 0 bridgehead atoms. The third-order valence-electron chi connectivity index (χ3n) is 1.78. The van der Waals surface area contributed by atoms with Gasteiger partial charge in [-0.3, -0.25) is 0 Å². The summed E-state index contributed by atoms with van der Waals surface area (Å²) < 4.78 is 0. The third kappa shape index (κ3) is 4.33. The molecule has 0 aliphatic carbocycles. The Labute approximate surface area is 90.5 Å². The van der Waals surface area contributed by atoms with Gasteiger partial charge in [0.25, 0.3) is 0 Å². The van der Waals surface area contributed by atoms with Crippen molar-refractivity contribution in [3.8, 4) is 0 Å². The highest BCUT2D eigenvalue weighted by Gasteiger charge is 2.00. The molecule has 0 amide bonds. The molecular weight excluding hydrogens is 192 g/mol. The second-order valence-corrected chi connectivity index (χ2v) is 3.98. The molecule has 0 radical (unpaired) electrons. The molecule has 2 nitrogen and oxygen atoms in total. The Hall–Kier alpha value is -0.960. The molecule has 3 heteroatoms. The number of rotatable bonds is 5. The molecule has 78 valence electrons. The minimum absolute atomic E-state index is 0.981. The van der Waals surface area contributed by atoms with Crippen LogP contribution in [-0.2, 0) is 0 Å². The number of hydrogen-bond donors (Lipinski definition) is 2. The summed E-state index contributed by atoms with van der Waals surface area (Å²) in [6, 6.07) is 0. The van der Waals surface area contributed by atoms with Crippen LogP contribution < -0.4 is 5.73 Å². The van der Waals surface area contributed by atoms with Crippen LogP contribution >= 0.6 is 11.8 Å². The summed E-state index contributed by atoms with van der Waals surface area (Å²) in [5.41, 5.74) is 7.39. The Morgan fingerprint density at radius 2 is 2.07 bits per heavy atom. The van der Waals surface area contributed by atoms with E-state index in [1.165, 1.54) is 12.4 Å². The van der Waals surface area contributed by atoms with Crippen LogP contribution in [0, 0.1) is 5.41 Å². The molecule has 3 N–H and O–H groups in total. The van der Waals surface area contributed by atoms with Crippen LogP contribution in [0.5, 0.6) is 0 Å². The summed E-state index contributed by atoms with van der Waals surface area (Å²) in [6.45, 7) is 6.12. The van der Waals surface area contributed by atoms with Crippen LogP contribution in [0.4, 0.5) is 0 Å². The third-order valence-corrected chi connectivity index (χ3v) is 2.65. The first-order valence-corrected chi connectivity index (χ1v) is 5.47. The summed E-state index contributed by atoms with van der Waals surface area (Å²) in [5, 5.41) is 9.16. The number of nitrogens with two attached hydrogens (primary N) is 1. The van der Waals surface area contributed by atoms with Gasteiger partial charge in [-0.15, -0.1) is 11.8 Å². The lowest BCUT2D eigenvalue weighted by molar-refractivity contribution is 1.19. The van der Waals surface area contributed by atoms with Crippen molar-refractivity contribution in [2.24, 2.45) is 5.73 Å². The van der Waals surface area contributed by atoms with Gasteiger partial charge in [-0.05, 0) is 36.2 Å². The molecule has 0 saturated heterocycles. The van der Waals surface area contributed by atoms with Crippen LogP contribution in [0.3, 0.4) is 0 Å². The van der Waals surface area contributed by atoms with Gasteiger partial charge in [-0.1, -0.05) is 13.0 Å². The van der Waals surface area contributed by atoms with Gasteiger partial charge in [0.1, 0.15) is 0 Å². The average Bonchev–Trinajstić information content (AvgIpc) is 2.16. The molecule has 0 atom stereocenters. The highest BCUT2D eigenvalue weighted by molar-refractivity contribution is 8.05. The van der Waals surface area contributed by atoms with Crippen LogP contribution in [0.2, 0.25) is 0 Å². The van der Waals surface area contributed by atoms with Crippen molar-refractivity contribution in [2.75, 3.05) is 0 Å². The summed E-state index contributed by atoms with van der Waals surface area (Å²) in [6.07, 6.45) is 6.02. The van der Waals surface area contributed by atoms with E-state index in [9.17, 15) is 0 Å². The molecule has 14 heavy (non-hydrogen) atoms. The molecule has 0 aromatic heterocycles. The maximum absolute atomic E-state index is 7.34. The van der Waals surface area contributed by atoms with Gasteiger partial charge in [-0.25, -0.2) is 0 Å². The molecule has 0 unspecified atom stereocenters. The Kier molecular flexibility index (Phi) is 6.93. The predicted molar refractivity (Wildman–Crippen MR) is 66.5 cm³/mol. The Morgan fingerprint density at radius 1 is 1.43 bits per heavy atom. The van der Waals surface area contributed by atoms with Gasteiger partial charge in [0, 0.05) is 18.0 Å². The summed E-state index contributed by atoms with van der Waals surface area (Å²) in [7, 11) is 0. The Bertz CT molecular complexity index is 275. The monoisotopic (exact) mass is 210 g/mol. The van der Waals surface area contributed by atoms with Gasteiger partial charge < -0.3 is 11.1 Å². The molecule has 0 aromatic carbocycles. The lowest BCUT2D eigenvalue weighted by atomic mass is 10.1. The molecule has 0 saturated carbocycles. The van der Waals surface area contributed by atoms with Crippen molar-refractivity contribution < 1.29 is 0 Å². The van der Waals surface area contributed by atoms with Crippen LogP contribution in [0.25, 0.3) is 0 Å². The van der Waals surface area contributed by atoms with Crippen LogP contribution in [-0.4, -0.2) is 6.21 Å². The molecule has 0 fully saturated rings. The minimum atomic E-state index is 0.981. The molecule has 0 aromatic rings. The quantitative estimate of drug-likeness (QED) is 0.539. The van der Waals surface area contributed by atoms with Gasteiger partial charge in [0.2, 0.25) is 0 Å². The van der Waals surface area contributed by atoms with E-state index in [0.29, 0.717) is 0 Å². The molecular formula is C11H18N2S. The summed E-state index contributed by atoms with van der Waals surface area (Å²) in [5.74, 6) is 0. The van der Waals surface area contributed by atoms with E-state index in [2.05, 4.69) is 13.0 Å². The Morgan fingerprint density at radius 3 is 2.50 bits per heavy atom. The van der Waals surface area contributed by atoms with Gasteiger partial charge in [-0.2, -0.15) is 0 Å². The van der Waals surface area contributed by atoms with E-state index in [-0.39, 0.29) is 0 Å². The SMILES string of the molecule is CC/C=C(C)\C(C=N)=C(\C)S/C=C\N. The van der Waals surface area contributed by atoms with E-state index < -0.39 is 0 Å². The smallest absolute Gasteiger partial charge is 0.0260 e. The fourth-order valence-corrected chi connectivity index (χ4v) is 1.74. The summed E-state index contributed by atoms with van der Waals surface area (Å²) in [4.78, 5) is 1.10. The number of allylic oxidation sites excluding steroid dienone is 4. The molecule has 0 aliphatic heterocycles. The lowest BCUT2D eigenvalue weighted by Crippen LogP contribution is -1.89. The van der Waals surface area contributed by atoms with Crippen molar-refractivity contribution in [2.45, 2.75) is 27.2 Å². The zero-order valence-corrected chi connectivity index (χ0v) is 9.82. The largest absolute Gasteiger partial charge is 0.404 e. The van der Waals surface area contributed by atoms with E-state index in [1.54, 1.807) is 11.8 Å².